The number of nitrogens with zero attached hydrogens (tertiary/aromatic N) is 1. The Morgan fingerprint density at radius 2 is 2.17 bits per heavy atom. The van der Waals surface area contributed by atoms with Crippen LogP contribution in [0.3, 0.4) is 0 Å². The summed E-state index contributed by atoms with van der Waals surface area (Å²) in [6.45, 7) is 0.726. The molecular formula is C17H18ClFN2OS. The molecule has 122 valence electrons. The lowest BCUT2D eigenvalue weighted by molar-refractivity contribution is 0.190. The van der Waals surface area contributed by atoms with Crippen LogP contribution in [-0.2, 0) is 0 Å². The van der Waals surface area contributed by atoms with Crippen molar-refractivity contribution in [3.8, 4) is 0 Å². The van der Waals surface area contributed by atoms with E-state index in [1.54, 1.807) is 11.3 Å². The van der Waals surface area contributed by atoms with Crippen LogP contribution in [0.25, 0.3) is 0 Å². The predicted octanol–water partition coefficient (Wildman–Crippen LogP) is 5.69. The van der Waals surface area contributed by atoms with E-state index < -0.39 is 5.82 Å². The summed E-state index contributed by atoms with van der Waals surface area (Å²) in [6.07, 6.45) is 4.22. The zero-order valence-electron chi connectivity index (χ0n) is 12.6. The number of likely N-dealkylation sites (tertiary alicyclic amines) is 1. The predicted molar refractivity (Wildman–Crippen MR) is 92.7 cm³/mol. The van der Waals surface area contributed by atoms with Crippen LogP contribution in [-0.4, -0.2) is 17.5 Å². The zero-order valence-corrected chi connectivity index (χ0v) is 14.2. The molecule has 1 aromatic heterocycles. The van der Waals surface area contributed by atoms with E-state index in [0.717, 1.165) is 32.2 Å². The lowest BCUT2D eigenvalue weighted by Gasteiger charge is -2.29. The molecule has 1 aliphatic heterocycles. The summed E-state index contributed by atoms with van der Waals surface area (Å²) in [4.78, 5) is 15.8. The summed E-state index contributed by atoms with van der Waals surface area (Å²) in [6, 6.07) is 8.26. The van der Waals surface area contributed by atoms with E-state index in [-0.39, 0.29) is 17.1 Å². The molecule has 0 radical (unpaired) electrons. The second-order valence-electron chi connectivity index (χ2n) is 5.63. The molecule has 6 heteroatoms. The highest BCUT2D eigenvalue weighted by Crippen LogP contribution is 2.33. The Hall–Kier alpha value is -1.59. The third-order valence-corrected chi connectivity index (χ3v) is 5.32. The average Bonchev–Trinajstić information content (AvgIpc) is 2.95. The second-order valence-corrected chi connectivity index (χ2v) is 7.02. The molecule has 1 atom stereocenters. The standard InChI is InChI=1S/C17H18ClFN2OS/c18-13-11-12(7-8-14(13)19)20-17(22)21-9-3-1-2-5-15(21)16-6-4-10-23-16/h4,6-8,10-11,15H,1-3,5,9H2,(H,20,22). The van der Waals surface area contributed by atoms with Gasteiger partial charge in [0.25, 0.3) is 0 Å². The van der Waals surface area contributed by atoms with Crippen LogP contribution in [0.15, 0.2) is 35.7 Å². The molecule has 1 aliphatic rings. The maximum absolute atomic E-state index is 13.2. The van der Waals surface area contributed by atoms with Crippen LogP contribution in [0.4, 0.5) is 14.9 Å². The number of benzene rings is 1. The van der Waals surface area contributed by atoms with Crippen molar-refractivity contribution in [2.45, 2.75) is 31.7 Å². The van der Waals surface area contributed by atoms with Crippen LogP contribution in [0.2, 0.25) is 5.02 Å². The van der Waals surface area contributed by atoms with E-state index >= 15 is 0 Å². The van der Waals surface area contributed by atoms with Crippen LogP contribution < -0.4 is 5.32 Å². The van der Waals surface area contributed by atoms with Crippen LogP contribution in [0.5, 0.6) is 0 Å². The average molecular weight is 353 g/mol. The Morgan fingerprint density at radius 1 is 1.30 bits per heavy atom. The Bertz CT molecular complexity index is 677. The SMILES string of the molecule is O=C(Nc1ccc(F)c(Cl)c1)N1CCCCCC1c1cccs1. The molecule has 3 nitrogen and oxygen atoms in total. The van der Waals surface area contributed by atoms with Gasteiger partial charge in [-0.15, -0.1) is 11.3 Å². The molecule has 2 amide bonds. The molecule has 1 unspecified atom stereocenters. The van der Waals surface area contributed by atoms with Gasteiger partial charge in [-0.1, -0.05) is 30.5 Å². The third-order valence-electron chi connectivity index (χ3n) is 4.06. The van der Waals surface area contributed by atoms with E-state index in [4.69, 9.17) is 11.6 Å². The molecule has 3 rings (SSSR count). The van der Waals surface area contributed by atoms with Gasteiger partial charge in [-0.3, -0.25) is 0 Å². The van der Waals surface area contributed by atoms with Crippen molar-refractivity contribution in [3.63, 3.8) is 0 Å². The highest BCUT2D eigenvalue weighted by molar-refractivity contribution is 7.10. The maximum atomic E-state index is 13.2. The van der Waals surface area contributed by atoms with Gasteiger partial charge in [0.05, 0.1) is 11.1 Å². The molecule has 0 aliphatic carbocycles. The molecule has 23 heavy (non-hydrogen) atoms. The molecule has 2 aromatic rings. The van der Waals surface area contributed by atoms with E-state index in [1.807, 2.05) is 16.3 Å². The number of nitrogens with one attached hydrogen (secondary N) is 1. The van der Waals surface area contributed by atoms with Crippen LogP contribution >= 0.6 is 22.9 Å². The van der Waals surface area contributed by atoms with Crippen molar-refractivity contribution in [1.29, 1.82) is 0 Å². The lowest BCUT2D eigenvalue weighted by Crippen LogP contribution is -2.37. The Morgan fingerprint density at radius 3 is 2.91 bits per heavy atom. The van der Waals surface area contributed by atoms with Crippen molar-refractivity contribution >= 4 is 34.7 Å². The fourth-order valence-corrected chi connectivity index (χ4v) is 3.95. The van der Waals surface area contributed by atoms with Crippen molar-refractivity contribution < 1.29 is 9.18 Å². The first kappa shape index (κ1) is 16.3. The zero-order chi connectivity index (χ0) is 16.2. The van der Waals surface area contributed by atoms with Gasteiger partial charge in [0.1, 0.15) is 5.82 Å². The molecule has 1 saturated heterocycles. The summed E-state index contributed by atoms with van der Waals surface area (Å²) >= 11 is 7.46. The number of carbonyl (C=O) groups excluding carboxylic acids is 1. The Labute approximate surface area is 144 Å². The Balaban J connectivity index is 1.78. The fraction of sp³-hybridized carbons (Fsp3) is 0.353. The van der Waals surface area contributed by atoms with E-state index in [1.165, 1.54) is 23.1 Å². The van der Waals surface area contributed by atoms with Gasteiger partial charge in [0, 0.05) is 17.1 Å². The molecule has 1 N–H and O–H groups in total. The van der Waals surface area contributed by atoms with Gasteiger partial charge in [0.15, 0.2) is 0 Å². The normalized spacial score (nSPS) is 18.5. The van der Waals surface area contributed by atoms with Gasteiger partial charge < -0.3 is 10.2 Å². The van der Waals surface area contributed by atoms with Gasteiger partial charge >= 0.3 is 6.03 Å². The van der Waals surface area contributed by atoms with Crippen molar-refractivity contribution in [2.24, 2.45) is 0 Å². The topological polar surface area (TPSA) is 32.3 Å². The number of rotatable bonds is 2. The first-order valence-corrected chi connectivity index (χ1v) is 8.97. The van der Waals surface area contributed by atoms with E-state index in [9.17, 15) is 9.18 Å². The van der Waals surface area contributed by atoms with Crippen molar-refractivity contribution in [1.82, 2.24) is 4.90 Å². The minimum atomic E-state index is -0.490. The van der Waals surface area contributed by atoms with Gasteiger partial charge in [-0.25, -0.2) is 9.18 Å². The quantitative estimate of drug-likeness (QED) is 0.739. The summed E-state index contributed by atoms with van der Waals surface area (Å²) in [5, 5.41) is 4.89. The second kappa shape index (κ2) is 7.32. The van der Waals surface area contributed by atoms with Crippen molar-refractivity contribution in [3.05, 3.63) is 51.4 Å². The number of amides is 2. The molecule has 1 aromatic carbocycles. The number of urea groups is 1. The smallest absolute Gasteiger partial charge is 0.317 e. The van der Waals surface area contributed by atoms with Crippen LogP contribution in [0.1, 0.15) is 36.6 Å². The Kier molecular flexibility index (Phi) is 5.18. The summed E-state index contributed by atoms with van der Waals surface area (Å²) < 4.78 is 13.2. The molecular weight excluding hydrogens is 335 g/mol. The first-order valence-electron chi connectivity index (χ1n) is 7.71. The highest BCUT2D eigenvalue weighted by atomic mass is 35.5. The number of hydrogen-bond donors (Lipinski definition) is 1. The largest absolute Gasteiger partial charge is 0.322 e. The summed E-state index contributed by atoms with van der Waals surface area (Å²) in [7, 11) is 0. The van der Waals surface area contributed by atoms with E-state index in [0.29, 0.717) is 5.69 Å². The maximum Gasteiger partial charge on any atom is 0.322 e. The van der Waals surface area contributed by atoms with Gasteiger partial charge in [-0.2, -0.15) is 0 Å². The van der Waals surface area contributed by atoms with Crippen molar-refractivity contribution in [2.75, 3.05) is 11.9 Å². The number of thiophene rings is 1. The fourth-order valence-electron chi connectivity index (χ4n) is 2.90. The highest BCUT2D eigenvalue weighted by Gasteiger charge is 2.27. The van der Waals surface area contributed by atoms with Gasteiger partial charge in [-0.05, 0) is 42.5 Å². The molecule has 0 bridgehead atoms. The summed E-state index contributed by atoms with van der Waals surface area (Å²) in [5.74, 6) is -0.490. The minimum absolute atomic E-state index is 0.00785. The van der Waals surface area contributed by atoms with Crippen LogP contribution in [0, 0.1) is 5.82 Å². The number of anilines is 1. The number of carbonyl (C=O) groups is 1. The molecule has 0 saturated carbocycles. The minimum Gasteiger partial charge on any atom is -0.317 e. The third kappa shape index (κ3) is 3.85. The molecule has 1 fully saturated rings. The summed E-state index contributed by atoms with van der Waals surface area (Å²) in [5.41, 5.74) is 0.510. The monoisotopic (exact) mass is 352 g/mol. The first-order chi connectivity index (χ1) is 11.1. The molecule has 0 spiro atoms. The molecule has 2 heterocycles. The van der Waals surface area contributed by atoms with Gasteiger partial charge in [0.2, 0.25) is 0 Å². The number of halogens is 2. The lowest BCUT2D eigenvalue weighted by atomic mass is 10.1. The van der Waals surface area contributed by atoms with E-state index in [2.05, 4.69) is 11.4 Å². The number of hydrogen-bond acceptors (Lipinski definition) is 2.